The monoisotopic (exact) mass is 266 g/mol. The molecule has 0 saturated carbocycles. The molecule has 76 valence electrons. The van der Waals surface area contributed by atoms with Crippen molar-refractivity contribution in [1.82, 2.24) is 4.98 Å². The Morgan fingerprint density at radius 2 is 2.33 bits per heavy atom. The van der Waals surface area contributed by atoms with Gasteiger partial charge in [0.25, 0.3) is 5.91 Å². The number of rotatable bonds is 2. The van der Waals surface area contributed by atoms with Crippen molar-refractivity contribution in [2.45, 2.75) is 0 Å². The van der Waals surface area contributed by atoms with E-state index in [1.54, 1.807) is 30.6 Å². The minimum Gasteiger partial charge on any atom is -0.459 e. The predicted molar refractivity (Wildman–Crippen MR) is 58.6 cm³/mol. The molecule has 0 unspecified atom stereocenters. The molecule has 15 heavy (non-hydrogen) atoms. The number of anilines is 1. The fourth-order valence-electron chi connectivity index (χ4n) is 1.07. The second-order valence-corrected chi connectivity index (χ2v) is 3.64. The summed E-state index contributed by atoms with van der Waals surface area (Å²) in [5.74, 6) is -0.00869. The molecule has 0 spiro atoms. The van der Waals surface area contributed by atoms with Crippen LogP contribution in [0.25, 0.3) is 0 Å². The number of furan rings is 1. The van der Waals surface area contributed by atoms with E-state index in [-0.39, 0.29) is 11.7 Å². The maximum Gasteiger partial charge on any atom is 0.291 e. The Balaban J connectivity index is 2.17. The SMILES string of the molecule is O=C(Nc1ccncc1Br)c1ccco1. The van der Waals surface area contributed by atoms with Gasteiger partial charge in [-0.3, -0.25) is 9.78 Å². The Morgan fingerprint density at radius 3 is 3.00 bits per heavy atom. The Morgan fingerprint density at radius 1 is 1.47 bits per heavy atom. The summed E-state index contributed by atoms with van der Waals surface area (Å²) < 4.78 is 5.69. The van der Waals surface area contributed by atoms with E-state index in [9.17, 15) is 4.79 Å². The molecule has 0 fully saturated rings. The average Bonchev–Trinajstić information content (AvgIpc) is 2.74. The van der Waals surface area contributed by atoms with E-state index in [2.05, 4.69) is 26.2 Å². The highest BCUT2D eigenvalue weighted by atomic mass is 79.9. The molecule has 0 saturated heterocycles. The number of pyridine rings is 1. The molecule has 1 N–H and O–H groups in total. The molecule has 0 radical (unpaired) electrons. The van der Waals surface area contributed by atoms with Gasteiger partial charge in [0, 0.05) is 12.4 Å². The summed E-state index contributed by atoms with van der Waals surface area (Å²) in [6.45, 7) is 0. The van der Waals surface area contributed by atoms with E-state index in [1.807, 2.05) is 0 Å². The van der Waals surface area contributed by atoms with E-state index in [0.29, 0.717) is 5.69 Å². The first-order valence-corrected chi connectivity index (χ1v) is 5.01. The first-order chi connectivity index (χ1) is 7.27. The molecular formula is C10H7BrN2O2. The maximum absolute atomic E-state index is 11.6. The highest BCUT2D eigenvalue weighted by molar-refractivity contribution is 9.10. The molecule has 0 aliphatic heterocycles. The molecule has 0 bridgehead atoms. The largest absolute Gasteiger partial charge is 0.459 e. The van der Waals surface area contributed by atoms with Crippen molar-refractivity contribution in [2.75, 3.05) is 5.32 Å². The zero-order valence-corrected chi connectivity index (χ0v) is 9.19. The van der Waals surface area contributed by atoms with Crippen LogP contribution in [0.15, 0.2) is 45.7 Å². The summed E-state index contributed by atoms with van der Waals surface area (Å²) in [6.07, 6.45) is 4.66. The number of halogens is 1. The number of aromatic nitrogens is 1. The van der Waals surface area contributed by atoms with Crippen molar-refractivity contribution in [2.24, 2.45) is 0 Å². The van der Waals surface area contributed by atoms with E-state index >= 15 is 0 Å². The van der Waals surface area contributed by atoms with Crippen LogP contribution in [0.1, 0.15) is 10.6 Å². The molecule has 0 aliphatic rings. The van der Waals surface area contributed by atoms with Crippen LogP contribution in [0.3, 0.4) is 0 Å². The van der Waals surface area contributed by atoms with Gasteiger partial charge in [-0.05, 0) is 34.1 Å². The lowest BCUT2D eigenvalue weighted by atomic mass is 10.3. The Labute approximate surface area is 94.4 Å². The molecule has 1 amide bonds. The predicted octanol–water partition coefficient (Wildman–Crippen LogP) is 2.69. The fourth-order valence-corrected chi connectivity index (χ4v) is 1.42. The molecule has 2 rings (SSSR count). The summed E-state index contributed by atoms with van der Waals surface area (Å²) in [7, 11) is 0. The second kappa shape index (κ2) is 4.27. The van der Waals surface area contributed by atoms with Gasteiger partial charge >= 0.3 is 0 Å². The van der Waals surface area contributed by atoms with Gasteiger partial charge in [-0.1, -0.05) is 0 Å². The van der Waals surface area contributed by atoms with Crippen molar-refractivity contribution in [3.63, 3.8) is 0 Å². The van der Waals surface area contributed by atoms with Crippen molar-refractivity contribution >= 4 is 27.5 Å². The minimum atomic E-state index is -0.285. The van der Waals surface area contributed by atoms with Crippen molar-refractivity contribution < 1.29 is 9.21 Å². The van der Waals surface area contributed by atoms with Gasteiger partial charge in [0.15, 0.2) is 5.76 Å². The normalized spacial score (nSPS) is 9.93. The summed E-state index contributed by atoms with van der Waals surface area (Å²) >= 11 is 3.28. The topological polar surface area (TPSA) is 55.1 Å². The molecule has 2 heterocycles. The third-order valence-corrected chi connectivity index (χ3v) is 2.40. The molecule has 5 heteroatoms. The summed E-state index contributed by atoms with van der Waals surface area (Å²) in [6, 6.07) is 4.96. The third-order valence-electron chi connectivity index (χ3n) is 1.77. The van der Waals surface area contributed by atoms with E-state index in [4.69, 9.17) is 4.42 Å². The van der Waals surface area contributed by atoms with Gasteiger partial charge in [0.2, 0.25) is 0 Å². The Hall–Kier alpha value is -1.62. The number of hydrogen-bond donors (Lipinski definition) is 1. The summed E-state index contributed by atoms with van der Waals surface area (Å²) in [5.41, 5.74) is 0.659. The molecule has 0 aliphatic carbocycles. The van der Waals surface area contributed by atoms with Gasteiger partial charge in [-0.15, -0.1) is 0 Å². The van der Waals surface area contributed by atoms with Gasteiger partial charge < -0.3 is 9.73 Å². The van der Waals surface area contributed by atoms with Crippen molar-refractivity contribution in [1.29, 1.82) is 0 Å². The number of nitrogens with zero attached hydrogens (tertiary/aromatic N) is 1. The van der Waals surface area contributed by atoms with Crippen LogP contribution in [0.2, 0.25) is 0 Å². The van der Waals surface area contributed by atoms with Crippen molar-refractivity contribution in [3.8, 4) is 0 Å². The van der Waals surface area contributed by atoms with Gasteiger partial charge in [0.1, 0.15) is 0 Å². The van der Waals surface area contributed by atoms with Gasteiger partial charge in [0.05, 0.1) is 16.4 Å². The van der Waals surface area contributed by atoms with E-state index in [1.165, 1.54) is 6.26 Å². The number of hydrogen-bond acceptors (Lipinski definition) is 3. The van der Waals surface area contributed by atoms with Crippen molar-refractivity contribution in [3.05, 3.63) is 47.1 Å². The number of nitrogens with one attached hydrogen (secondary N) is 1. The van der Waals surface area contributed by atoms with E-state index < -0.39 is 0 Å². The van der Waals surface area contributed by atoms with Gasteiger partial charge in [-0.25, -0.2) is 0 Å². The first-order valence-electron chi connectivity index (χ1n) is 4.22. The summed E-state index contributed by atoms with van der Waals surface area (Å²) in [5, 5.41) is 2.69. The van der Waals surface area contributed by atoms with Crippen LogP contribution >= 0.6 is 15.9 Å². The first kappa shape index (κ1) is 9.92. The number of carbonyl (C=O) groups excluding carboxylic acids is 1. The molecule has 2 aromatic heterocycles. The van der Waals surface area contributed by atoms with Crippen LogP contribution < -0.4 is 5.32 Å². The second-order valence-electron chi connectivity index (χ2n) is 2.79. The van der Waals surface area contributed by atoms with Crippen LogP contribution in [-0.4, -0.2) is 10.9 Å². The smallest absolute Gasteiger partial charge is 0.291 e. The molecule has 2 aromatic rings. The zero-order chi connectivity index (χ0) is 10.7. The van der Waals surface area contributed by atoms with Crippen LogP contribution in [0.4, 0.5) is 5.69 Å². The number of amides is 1. The fraction of sp³-hybridized carbons (Fsp3) is 0. The standard InChI is InChI=1S/C10H7BrN2O2/c11-7-6-12-4-3-8(7)13-10(14)9-2-1-5-15-9/h1-6H,(H,12,13,14). The molecule has 0 aromatic carbocycles. The van der Waals surface area contributed by atoms with E-state index in [0.717, 1.165) is 4.47 Å². The Kier molecular flexibility index (Phi) is 2.82. The lowest BCUT2D eigenvalue weighted by molar-refractivity contribution is 0.0996. The van der Waals surface area contributed by atoms with Crippen LogP contribution in [0, 0.1) is 0 Å². The summed E-state index contributed by atoms with van der Waals surface area (Å²) in [4.78, 5) is 15.5. The maximum atomic E-state index is 11.6. The third kappa shape index (κ3) is 2.24. The van der Waals surface area contributed by atoms with Crippen LogP contribution in [0.5, 0.6) is 0 Å². The van der Waals surface area contributed by atoms with Crippen LogP contribution in [-0.2, 0) is 0 Å². The quantitative estimate of drug-likeness (QED) is 0.910. The Bertz CT molecular complexity index is 468. The average molecular weight is 267 g/mol. The molecule has 4 nitrogen and oxygen atoms in total. The molecular weight excluding hydrogens is 260 g/mol. The highest BCUT2D eigenvalue weighted by Gasteiger charge is 2.09. The highest BCUT2D eigenvalue weighted by Crippen LogP contribution is 2.20. The lowest BCUT2D eigenvalue weighted by Crippen LogP contribution is -2.11. The number of carbonyl (C=O) groups is 1. The zero-order valence-electron chi connectivity index (χ0n) is 7.61. The molecule has 0 atom stereocenters. The van der Waals surface area contributed by atoms with Gasteiger partial charge in [-0.2, -0.15) is 0 Å². The lowest BCUT2D eigenvalue weighted by Gasteiger charge is -2.04. The minimum absolute atomic E-state index is 0.277.